The Morgan fingerprint density at radius 3 is 2.46 bits per heavy atom. The number of hydrogen-bond donors (Lipinski definition) is 4. The number of hydrogen-bond acceptors (Lipinski definition) is 9. The van der Waals surface area contributed by atoms with Gasteiger partial charge in [-0.3, -0.25) is 14.4 Å². The fourth-order valence-electron chi connectivity index (χ4n) is 5.76. The number of unbranched alkanes of at least 4 members (excludes halogenated alkanes) is 2. The third kappa shape index (κ3) is 11.1. The third-order valence-electron chi connectivity index (χ3n) is 8.42. The van der Waals surface area contributed by atoms with E-state index in [1.807, 2.05) is 20.8 Å². The lowest BCUT2D eigenvalue weighted by Gasteiger charge is -2.30. The number of aliphatic hydroxyl groups excluding tert-OH is 1. The van der Waals surface area contributed by atoms with Crippen molar-refractivity contribution in [2.75, 3.05) is 14.2 Å². The van der Waals surface area contributed by atoms with Crippen molar-refractivity contribution in [3.8, 4) is 0 Å². The van der Waals surface area contributed by atoms with Crippen LogP contribution in [0.5, 0.6) is 0 Å². The summed E-state index contributed by atoms with van der Waals surface area (Å²) in [6.45, 7) is 11.2. The number of methoxy groups -OCH3 is 2. The van der Waals surface area contributed by atoms with Gasteiger partial charge >= 0.3 is 6.09 Å². The summed E-state index contributed by atoms with van der Waals surface area (Å²) in [6.07, 6.45) is 7.95. The van der Waals surface area contributed by atoms with Crippen molar-refractivity contribution < 1.29 is 38.5 Å². The second kappa shape index (κ2) is 18.6. The lowest BCUT2D eigenvalue weighted by Crippen LogP contribution is -2.39. The molecule has 1 unspecified atom stereocenters. The van der Waals surface area contributed by atoms with Gasteiger partial charge in [-0.1, -0.05) is 64.3 Å². The molecule has 1 aliphatic carbocycles. The number of carbonyl (C=O) groups is 4. The van der Waals surface area contributed by atoms with Gasteiger partial charge in [0.2, 0.25) is 11.6 Å². The molecule has 11 heteroatoms. The summed E-state index contributed by atoms with van der Waals surface area (Å²) in [5.41, 5.74) is 6.66. The molecule has 11 nitrogen and oxygen atoms in total. The van der Waals surface area contributed by atoms with Gasteiger partial charge in [-0.05, 0) is 51.5 Å². The number of amides is 2. The number of nitrogens with one attached hydrogen (secondary N) is 2. The van der Waals surface area contributed by atoms with Crippen LogP contribution in [0.1, 0.15) is 80.1 Å². The standard InChI is InChI=1S/C35H53N3O8/c1-9-10-11-14-24(6)37-30-25-16-20(2)17-29(45-8)31(40)22(4)18-23(5)33(46-35(36)43)28(44-7)15-12-13-21(3)34(42)38-26(32(25)41)19-27(30)39/h12-13,15,18-20,22,24,28-29,31,33,37,40H,9-11,14,16-17H2,1-8H3,(H2,36,43)(H,38,42)/b15-12-,21-13+,23-18+/t20-,22+,24?,28+,29+,31-,33+/m1/s1. The lowest BCUT2D eigenvalue weighted by molar-refractivity contribution is -0.120. The second-order valence-corrected chi connectivity index (χ2v) is 12.5. The molecule has 46 heavy (non-hydrogen) atoms. The number of carbonyl (C=O) groups excluding carboxylic acids is 4. The first-order valence-corrected chi connectivity index (χ1v) is 16.1. The second-order valence-electron chi connectivity index (χ2n) is 12.5. The molecule has 5 N–H and O–H groups in total. The minimum absolute atomic E-state index is 0.0395. The number of Topliss-reactive ketones (excluding diaryl/α,β-unsaturated/α-hetero) is 1. The number of rotatable bonds is 9. The van der Waals surface area contributed by atoms with E-state index in [9.17, 15) is 24.3 Å². The number of primary amides is 1. The Bertz CT molecular complexity index is 1260. The Morgan fingerprint density at radius 2 is 1.85 bits per heavy atom. The number of nitrogens with two attached hydrogens (primary N) is 1. The van der Waals surface area contributed by atoms with Crippen molar-refractivity contribution in [3.05, 3.63) is 58.5 Å². The van der Waals surface area contributed by atoms with Crippen LogP contribution in [0.4, 0.5) is 4.79 Å². The maximum Gasteiger partial charge on any atom is 0.405 e. The van der Waals surface area contributed by atoms with Gasteiger partial charge in [-0.15, -0.1) is 0 Å². The van der Waals surface area contributed by atoms with Gasteiger partial charge in [0.05, 0.1) is 23.6 Å². The zero-order valence-corrected chi connectivity index (χ0v) is 28.6. The van der Waals surface area contributed by atoms with E-state index >= 15 is 0 Å². The first-order valence-electron chi connectivity index (χ1n) is 16.1. The Kier molecular flexibility index (Phi) is 15.6. The van der Waals surface area contributed by atoms with Crippen molar-refractivity contribution in [1.29, 1.82) is 0 Å². The Balaban J connectivity index is 2.60. The molecule has 0 saturated heterocycles. The molecule has 2 aliphatic rings. The minimum Gasteiger partial charge on any atom is -0.439 e. The van der Waals surface area contributed by atoms with Crippen LogP contribution >= 0.6 is 0 Å². The number of ketones is 2. The zero-order chi connectivity index (χ0) is 34.6. The highest BCUT2D eigenvalue weighted by Gasteiger charge is 2.34. The van der Waals surface area contributed by atoms with Crippen LogP contribution in [0, 0.1) is 11.8 Å². The van der Waals surface area contributed by atoms with E-state index in [0.717, 1.165) is 25.7 Å². The van der Waals surface area contributed by atoms with Crippen LogP contribution < -0.4 is 16.4 Å². The average molecular weight is 644 g/mol. The summed E-state index contributed by atoms with van der Waals surface area (Å²) in [5.74, 6) is -2.00. The highest BCUT2D eigenvalue weighted by Crippen LogP contribution is 2.29. The number of fused-ring (bicyclic) bond motifs is 2. The van der Waals surface area contributed by atoms with Crippen LogP contribution in [0.2, 0.25) is 0 Å². The lowest BCUT2D eigenvalue weighted by atomic mass is 9.85. The van der Waals surface area contributed by atoms with Gasteiger partial charge in [0.25, 0.3) is 5.91 Å². The molecule has 0 aromatic rings. The molecule has 256 valence electrons. The van der Waals surface area contributed by atoms with Crippen molar-refractivity contribution in [3.63, 3.8) is 0 Å². The van der Waals surface area contributed by atoms with E-state index < -0.39 is 48.1 Å². The van der Waals surface area contributed by atoms with Gasteiger partial charge in [-0.2, -0.15) is 0 Å². The zero-order valence-electron chi connectivity index (χ0n) is 28.6. The molecule has 0 spiro atoms. The molecule has 2 amide bonds. The molecule has 1 heterocycles. The smallest absolute Gasteiger partial charge is 0.405 e. The summed E-state index contributed by atoms with van der Waals surface area (Å²) in [6, 6.07) is -0.0395. The first kappa shape index (κ1) is 38.6. The van der Waals surface area contributed by atoms with E-state index in [0.29, 0.717) is 17.6 Å². The van der Waals surface area contributed by atoms with Crippen LogP contribution in [0.15, 0.2) is 58.5 Å². The summed E-state index contributed by atoms with van der Waals surface area (Å²) in [7, 11) is 2.95. The first-order chi connectivity index (χ1) is 21.7. The van der Waals surface area contributed by atoms with E-state index in [4.69, 9.17) is 19.9 Å². The summed E-state index contributed by atoms with van der Waals surface area (Å²) >= 11 is 0. The van der Waals surface area contributed by atoms with Crippen molar-refractivity contribution in [2.45, 2.75) is 111 Å². The summed E-state index contributed by atoms with van der Waals surface area (Å²) < 4.78 is 16.7. The van der Waals surface area contributed by atoms with E-state index in [1.54, 1.807) is 32.1 Å². The Hall–Kier alpha value is -3.54. The normalized spacial score (nSPS) is 30.7. The average Bonchev–Trinajstić information content (AvgIpc) is 3.00. The predicted octanol–water partition coefficient (Wildman–Crippen LogP) is 4.32. The number of aliphatic hydroxyl groups is 1. The SMILES string of the molecule is CCCCCC(C)NC1=C2C[C@@H](C)C[C@H](OC)[C@H](O)[C@@H](C)/C=C(\C)[C@H](OC(N)=O)[C@@H](OC)/C=C\C=C(/C)C(=O)NC(=CC1=O)C2=O. The largest absolute Gasteiger partial charge is 0.439 e. The molecule has 2 rings (SSSR count). The molecule has 0 aromatic carbocycles. The van der Waals surface area contributed by atoms with Crippen molar-refractivity contribution in [2.24, 2.45) is 17.6 Å². The molecule has 0 aromatic heterocycles. The molecular weight excluding hydrogens is 590 g/mol. The summed E-state index contributed by atoms with van der Waals surface area (Å²) in [5, 5.41) is 17.2. The van der Waals surface area contributed by atoms with Crippen molar-refractivity contribution >= 4 is 23.6 Å². The van der Waals surface area contributed by atoms with E-state index in [-0.39, 0.29) is 41.1 Å². The maximum absolute atomic E-state index is 13.8. The van der Waals surface area contributed by atoms with Gasteiger partial charge in [0.15, 0.2) is 6.10 Å². The molecule has 0 radical (unpaired) electrons. The van der Waals surface area contributed by atoms with Crippen LogP contribution in [-0.2, 0) is 28.6 Å². The predicted molar refractivity (Wildman–Crippen MR) is 176 cm³/mol. The van der Waals surface area contributed by atoms with Gasteiger partial charge in [0, 0.05) is 43.4 Å². The molecule has 1 aliphatic heterocycles. The topological polar surface area (TPSA) is 166 Å². The van der Waals surface area contributed by atoms with Crippen molar-refractivity contribution in [1.82, 2.24) is 10.6 Å². The fraction of sp³-hybridized carbons (Fsp3) is 0.600. The molecule has 0 fully saturated rings. The minimum atomic E-state index is -0.994. The van der Waals surface area contributed by atoms with Gasteiger partial charge < -0.3 is 35.7 Å². The number of allylic oxidation sites excluding steroid dienone is 4. The van der Waals surface area contributed by atoms with Gasteiger partial charge in [0.1, 0.15) is 6.10 Å². The molecule has 2 bridgehead atoms. The third-order valence-corrected chi connectivity index (χ3v) is 8.42. The van der Waals surface area contributed by atoms with Crippen LogP contribution in [0.3, 0.4) is 0 Å². The van der Waals surface area contributed by atoms with Crippen LogP contribution in [-0.4, -0.2) is 73.4 Å². The highest BCUT2D eigenvalue weighted by atomic mass is 16.6. The Morgan fingerprint density at radius 1 is 1.15 bits per heavy atom. The molecule has 0 saturated carbocycles. The van der Waals surface area contributed by atoms with E-state index in [2.05, 4.69) is 17.6 Å². The highest BCUT2D eigenvalue weighted by molar-refractivity contribution is 6.23. The van der Waals surface area contributed by atoms with Gasteiger partial charge in [-0.25, -0.2) is 4.79 Å². The Labute approximate surface area is 273 Å². The monoisotopic (exact) mass is 643 g/mol. The molecule has 7 atom stereocenters. The molecular formula is C35H53N3O8. The summed E-state index contributed by atoms with van der Waals surface area (Å²) in [4.78, 5) is 52.2. The quantitative estimate of drug-likeness (QED) is 0.163. The maximum atomic E-state index is 13.8. The number of ether oxygens (including phenoxy) is 3. The fourth-order valence-corrected chi connectivity index (χ4v) is 5.76. The van der Waals surface area contributed by atoms with E-state index in [1.165, 1.54) is 26.4 Å². The van der Waals surface area contributed by atoms with Crippen LogP contribution in [0.25, 0.3) is 0 Å².